The highest BCUT2D eigenvalue weighted by Crippen LogP contribution is 1.91. The average Bonchev–Trinajstić information content (AvgIpc) is 2.17. The number of esters is 1. The fraction of sp³-hybridized carbons (Fsp3) is 0.750. The van der Waals surface area contributed by atoms with Gasteiger partial charge in [-0.25, -0.2) is 4.79 Å². The maximum atomic E-state index is 10.7. The monoisotopic (exact) mass is 267 g/mol. The van der Waals surface area contributed by atoms with E-state index in [-0.39, 0.29) is 18.4 Å². The van der Waals surface area contributed by atoms with Gasteiger partial charge in [-0.3, -0.25) is 0 Å². The molecule has 2 N–H and O–H groups in total. The van der Waals surface area contributed by atoms with Crippen molar-refractivity contribution in [3.8, 4) is 0 Å². The van der Waals surface area contributed by atoms with Crippen LogP contribution in [0.3, 0.4) is 0 Å². The molecule has 0 saturated heterocycles. The van der Waals surface area contributed by atoms with Crippen molar-refractivity contribution in [2.24, 2.45) is 5.73 Å². The fourth-order valence-corrected chi connectivity index (χ4v) is 0.371. The lowest BCUT2D eigenvalue weighted by Crippen LogP contribution is -2.33. The van der Waals surface area contributed by atoms with Crippen LogP contribution < -0.4 is 5.73 Å². The van der Waals surface area contributed by atoms with Gasteiger partial charge in [0, 0.05) is 5.57 Å². The van der Waals surface area contributed by atoms with E-state index in [2.05, 4.69) is 34.6 Å². The molecular formula is C12H28ClN2O2+. The minimum atomic E-state index is -0.339. The molecule has 0 radical (unpaired) electrons. The SMILES string of the molecule is C=C(C)C(=O)OCCCN.CC[N+](C)(C)C.Cl. The predicted octanol–water partition coefficient (Wildman–Crippen LogP) is 1.59. The van der Waals surface area contributed by atoms with Crippen molar-refractivity contribution < 1.29 is 14.0 Å². The van der Waals surface area contributed by atoms with Gasteiger partial charge in [0.1, 0.15) is 0 Å². The Morgan fingerprint density at radius 2 is 1.76 bits per heavy atom. The van der Waals surface area contributed by atoms with Crippen LogP contribution in [0.5, 0.6) is 0 Å². The number of rotatable bonds is 5. The van der Waals surface area contributed by atoms with Gasteiger partial charge in [0.2, 0.25) is 0 Å². The molecule has 0 aliphatic heterocycles. The van der Waals surface area contributed by atoms with Crippen molar-refractivity contribution in [3.63, 3.8) is 0 Å². The van der Waals surface area contributed by atoms with E-state index in [4.69, 9.17) is 10.5 Å². The number of halogens is 1. The summed E-state index contributed by atoms with van der Waals surface area (Å²) < 4.78 is 5.79. The number of nitrogens with zero attached hydrogens (tertiary/aromatic N) is 1. The molecule has 0 aromatic heterocycles. The average molecular weight is 268 g/mol. The molecule has 0 amide bonds. The summed E-state index contributed by atoms with van der Waals surface area (Å²) in [6, 6.07) is 0. The van der Waals surface area contributed by atoms with E-state index in [1.54, 1.807) is 6.92 Å². The van der Waals surface area contributed by atoms with Gasteiger partial charge in [-0.2, -0.15) is 0 Å². The maximum Gasteiger partial charge on any atom is 0.333 e. The van der Waals surface area contributed by atoms with Gasteiger partial charge < -0.3 is 15.0 Å². The minimum Gasteiger partial charge on any atom is -0.462 e. The van der Waals surface area contributed by atoms with Crippen LogP contribution in [0.1, 0.15) is 20.3 Å². The maximum absolute atomic E-state index is 10.7. The Bertz CT molecular complexity index is 213. The molecule has 0 bridgehead atoms. The van der Waals surface area contributed by atoms with Crippen LogP contribution >= 0.6 is 12.4 Å². The van der Waals surface area contributed by atoms with Crippen molar-refractivity contribution in [2.45, 2.75) is 20.3 Å². The Morgan fingerprint density at radius 3 is 2.00 bits per heavy atom. The predicted molar refractivity (Wildman–Crippen MR) is 75.3 cm³/mol. The van der Waals surface area contributed by atoms with E-state index in [1.165, 1.54) is 6.54 Å². The van der Waals surface area contributed by atoms with Crippen LogP contribution in [0.2, 0.25) is 0 Å². The standard InChI is InChI=1S/C7H13NO2.C5H14N.ClH/c1-6(2)7(9)10-5-3-4-8;1-5-6(2,3)4;/h1,3-5,8H2,2H3;5H2,1-4H3;1H/q;+1;. The molecule has 0 unspecified atom stereocenters. The summed E-state index contributed by atoms with van der Waals surface area (Å²) in [5, 5.41) is 0. The van der Waals surface area contributed by atoms with Crippen molar-refractivity contribution in [1.82, 2.24) is 0 Å². The van der Waals surface area contributed by atoms with Crippen LogP contribution in [0.15, 0.2) is 12.2 Å². The zero-order valence-corrected chi connectivity index (χ0v) is 12.6. The molecule has 5 heteroatoms. The Morgan fingerprint density at radius 1 is 1.35 bits per heavy atom. The molecule has 17 heavy (non-hydrogen) atoms. The largest absolute Gasteiger partial charge is 0.462 e. The van der Waals surface area contributed by atoms with Gasteiger partial charge in [0.25, 0.3) is 0 Å². The van der Waals surface area contributed by atoms with E-state index >= 15 is 0 Å². The second kappa shape index (κ2) is 11.9. The molecule has 0 aromatic rings. The molecule has 0 atom stereocenters. The summed E-state index contributed by atoms with van der Waals surface area (Å²) in [5.41, 5.74) is 5.60. The summed E-state index contributed by atoms with van der Waals surface area (Å²) >= 11 is 0. The highest BCUT2D eigenvalue weighted by atomic mass is 35.5. The van der Waals surface area contributed by atoms with Crippen LogP contribution in [-0.2, 0) is 9.53 Å². The molecule has 0 aliphatic rings. The normalized spacial score (nSPS) is 9.53. The number of carbonyl (C=O) groups excluding carboxylic acids is 1. The topological polar surface area (TPSA) is 52.3 Å². The quantitative estimate of drug-likeness (QED) is 0.356. The first-order valence-electron chi connectivity index (χ1n) is 5.57. The zero-order chi connectivity index (χ0) is 13.2. The van der Waals surface area contributed by atoms with E-state index < -0.39 is 0 Å². The molecule has 4 nitrogen and oxygen atoms in total. The van der Waals surface area contributed by atoms with Gasteiger partial charge in [-0.05, 0) is 26.8 Å². The summed E-state index contributed by atoms with van der Waals surface area (Å²) in [6.07, 6.45) is 0.707. The molecule has 0 saturated carbocycles. The smallest absolute Gasteiger partial charge is 0.333 e. The van der Waals surface area contributed by atoms with Crippen LogP contribution in [0.4, 0.5) is 0 Å². The lowest BCUT2D eigenvalue weighted by molar-refractivity contribution is -0.868. The third-order valence-electron chi connectivity index (χ3n) is 1.88. The van der Waals surface area contributed by atoms with Crippen LogP contribution in [0.25, 0.3) is 0 Å². The van der Waals surface area contributed by atoms with Crippen molar-refractivity contribution in [3.05, 3.63) is 12.2 Å². The molecule has 0 aliphatic carbocycles. The van der Waals surface area contributed by atoms with Gasteiger partial charge in [-0.15, -0.1) is 12.4 Å². The van der Waals surface area contributed by atoms with E-state index in [0.717, 1.165) is 4.48 Å². The first-order valence-corrected chi connectivity index (χ1v) is 5.57. The van der Waals surface area contributed by atoms with Crippen LogP contribution in [-0.4, -0.2) is 51.3 Å². The van der Waals surface area contributed by atoms with E-state index in [9.17, 15) is 4.79 Å². The van der Waals surface area contributed by atoms with E-state index in [0.29, 0.717) is 25.1 Å². The third kappa shape index (κ3) is 21.3. The van der Waals surface area contributed by atoms with Gasteiger partial charge in [-0.1, -0.05) is 6.58 Å². The number of quaternary nitrogens is 1. The van der Waals surface area contributed by atoms with Gasteiger partial charge in [0.05, 0.1) is 34.3 Å². The number of nitrogens with two attached hydrogens (primary N) is 1. The number of hydrogen-bond donors (Lipinski definition) is 1. The Hall–Kier alpha value is -0.580. The fourth-order valence-electron chi connectivity index (χ4n) is 0.371. The summed E-state index contributed by atoms with van der Waals surface area (Å²) in [5.74, 6) is -0.339. The molecule has 0 fully saturated rings. The Balaban J connectivity index is -0.000000244. The zero-order valence-electron chi connectivity index (χ0n) is 11.8. The minimum absolute atomic E-state index is 0. The van der Waals surface area contributed by atoms with Gasteiger partial charge in [0.15, 0.2) is 0 Å². The molecule has 0 heterocycles. The second-order valence-electron chi connectivity index (χ2n) is 4.67. The van der Waals surface area contributed by atoms with Crippen LogP contribution in [0, 0.1) is 0 Å². The van der Waals surface area contributed by atoms with Crippen molar-refractivity contribution in [1.29, 1.82) is 0 Å². The lowest BCUT2D eigenvalue weighted by atomic mass is 10.4. The Labute approximate surface area is 112 Å². The van der Waals surface area contributed by atoms with Crippen molar-refractivity contribution >= 4 is 18.4 Å². The van der Waals surface area contributed by atoms with E-state index in [1.807, 2.05) is 0 Å². The summed E-state index contributed by atoms with van der Waals surface area (Å²) in [4.78, 5) is 10.7. The summed E-state index contributed by atoms with van der Waals surface area (Å²) in [7, 11) is 6.54. The van der Waals surface area contributed by atoms with Crippen molar-refractivity contribution in [2.75, 3.05) is 40.8 Å². The third-order valence-corrected chi connectivity index (χ3v) is 1.88. The highest BCUT2D eigenvalue weighted by Gasteiger charge is 2.00. The number of carbonyl (C=O) groups is 1. The summed E-state index contributed by atoms with van der Waals surface area (Å²) in [6.45, 7) is 9.37. The lowest BCUT2D eigenvalue weighted by Gasteiger charge is -2.20. The van der Waals surface area contributed by atoms with Gasteiger partial charge >= 0.3 is 5.97 Å². The highest BCUT2D eigenvalue weighted by molar-refractivity contribution is 5.86. The Kier molecular flexibility index (Phi) is 15.2. The molecule has 0 rings (SSSR count). The molecular weight excluding hydrogens is 240 g/mol. The number of hydrogen-bond acceptors (Lipinski definition) is 3. The second-order valence-corrected chi connectivity index (χ2v) is 4.67. The molecule has 0 spiro atoms. The molecule has 104 valence electrons. The molecule has 0 aromatic carbocycles. The number of ether oxygens (including phenoxy) is 1. The first-order chi connectivity index (χ1) is 7.24. The first kappa shape index (κ1) is 21.7.